The summed E-state index contributed by atoms with van der Waals surface area (Å²) in [5, 5.41) is 9.26. The summed E-state index contributed by atoms with van der Waals surface area (Å²) in [6.45, 7) is 5.44. The fraction of sp³-hybridized carbons (Fsp3) is 0.385. The van der Waals surface area contributed by atoms with Crippen molar-refractivity contribution >= 4 is 17.6 Å². The quantitative estimate of drug-likeness (QED) is 0.520. The van der Waals surface area contributed by atoms with Crippen molar-refractivity contribution in [3.63, 3.8) is 0 Å². The first-order valence-corrected chi connectivity index (χ1v) is 11.9. The Kier molecular flexibility index (Phi) is 6.38. The Hall–Kier alpha value is -3.55. The lowest BCUT2D eigenvalue weighted by Crippen LogP contribution is -2.47. The number of carbonyl (C=O) groups is 1. The van der Waals surface area contributed by atoms with Crippen LogP contribution >= 0.6 is 0 Å². The summed E-state index contributed by atoms with van der Waals surface area (Å²) in [5.74, 6) is 1.29. The lowest BCUT2D eigenvalue weighted by Gasteiger charge is -2.36. The second kappa shape index (κ2) is 9.75. The number of ether oxygens (including phenoxy) is 1. The zero-order chi connectivity index (χ0) is 23.5. The number of fused-ring (bicyclic) bond motifs is 1. The molecule has 0 spiro atoms. The molecule has 0 amide bonds. The number of hydrogen-bond donors (Lipinski definition) is 0. The zero-order valence-corrected chi connectivity index (χ0v) is 19.3. The van der Waals surface area contributed by atoms with Crippen molar-refractivity contribution in [2.24, 2.45) is 0 Å². The number of hydrogen-bond acceptors (Lipinski definition) is 7. The Bertz CT molecular complexity index is 1160. The first-order valence-electron chi connectivity index (χ1n) is 11.9. The van der Waals surface area contributed by atoms with E-state index in [1.54, 1.807) is 19.2 Å². The second-order valence-electron chi connectivity index (χ2n) is 8.68. The average molecular weight is 462 g/mol. The van der Waals surface area contributed by atoms with Gasteiger partial charge in [-0.2, -0.15) is 5.10 Å². The van der Waals surface area contributed by atoms with E-state index >= 15 is 0 Å². The molecule has 1 fully saturated rings. The average Bonchev–Trinajstić information content (AvgIpc) is 3.37. The van der Waals surface area contributed by atoms with Gasteiger partial charge in [0.1, 0.15) is 11.6 Å². The highest BCUT2D eigenvalue weighted by molar-refractivity contribution is 5.89. The van der Waals surface area contributed by atoms with Gasteiger partial charge < -0.3 is 14.5 Å². The van der Waals surface area contributed by atoms with E-state index in [0.717, 1.165) is 68.3 Å². The van der Waals surface area contributed by atoms with E-state index in [1.807, 2.05) is 18.2 Å². The minimum Gasteiger partial charge on any atom is -0.462 e. The topological polar surface area (TPSA) is 71.5 Å². The van der Waals surface area contributed by atoms with Gasteiger partial charge in [-0.25, -0.2) is 14.2 Å². The SMILES string of the molecule is CCOC(=O)c1ccc(N2CCN(c3nnc(Cc4ccc(F)cc4)c4c3CCC4)CC2)nc1. The molecule has 34 heavy (non-hydrogen) atoms. The number of esters is 1. The molecule has 2 aromatic heterocycles. The van der Waals surface area contributed by atoms with E-state index in [0.29, 0.717) is 18.6 Å². The Balaban J connectivity index is 1.26. The van der Waals surface area contributed by atoms with Crippen LogP contribution in [0.2, 0.25) is 0 Å². The van der Waals surface area contributed by atoms with Crippen LogP contribution < -0.4 is 9.80 Å². The summed E-state index contributed by atoms with van der Waals surface area (Å²) in [7, 11) is 0. The van der Waals surface area contributed by atoms with Crippen molar-refractivity contribution in [1.82, 2.24) is 15.2 Å². The largest absolute Gasteiger partial charge is 0.462 e. The van der Waals surface area contributed by atoms with Gasteiger partial charge in [0.15, 0.2) is 5.82 Å². The van der Waals surface area contributed by atoms with Crippen LogP contribution in [0.3, 0.4) is 0 Å². The summed E-state index contributed by atoms with van der Waals surface area (Å²) in [4.78, 5) is 20.9. The Morgan fingerprint density at radius 2 is 1.71 bits per heavy atom. The third-order valence-electron chi connectivity index (χ3n) is 6.55. The highest BCUT2D eigenvalue weighted by Crippen LogP contribution is 2.32. The van der Waals surface area contributed by atoms with Gasteiger partial charge >= 0.3 is 5.97 Å². The van der Waals surface area contributed by atoms with Gasteiger partial charge in [0.25, 0.3) is 0 Å². The van der Waals surface area contributed by atoms with E-state index in [2.05, 4.69) is 25.0 Å². The van der Waals surface area contributed by atoms with E-state index in [4.69, 9.17) is 4.74 Å². The molecule has 0 unspecified atom stereocenters. The molecule has 1 saturated heterocycles. The monoisotopic (exact) mass is 461 g/mol. The van der Waals surface area contributed by atoms with E-state index in [-0.39, 0.29) is 11.8 Å². The highest BCUT2D eigenvalue weighted by Gasteiger charge is 2.27. The van der Waals surface area contributed by atoms with Crippen molar-refractivity contribution in [1.29, 1.82) is 0 Å². The molecule has 0 bridgehead atoms. The molecule has 3 heterocycles. The Labute approximate surface area is 198 Å². The molecule has 3 aromatic rings. The first kappa shape index (κ1) is 22.3. The summed E-state index contributed by atoms with van der Waals surface area (Å²) in [6, 6.07) is 10.3. The fourth-order valence-electron chi connectivity index (χ4n) is 4.78. The van der Waals surface area contributed by atoms with E-state index < -0.39 is 0 Å². The third kappa shape index (κ3) is 4.58. The smallest absolute Gasteiger partial charge is 0.339 e. The molecule has 0 radical (unpaired) electrons. The van der Waals surface area contributed by atoms with Gasteiger partial charge in [-0.1, -0.05) is 12.1 Å². The number of pyridine rings is 1. The molecule has 1 aromatic carbocycles. The molecule has 8 heteroatoms. The minimum absolute atomic E-state index is 0.223. The molecule has 0 atom stereocenters. The van der Waals surface area contributed by atoms with Crippen molar-refractivity contribution < 1.29 is 13.9 Å². The summed E-state index contributed by atoms with van der Waals surface area (Å²) in [5.41, 5.74) is 5.15. The van der Waals surface area contributed by atoms with Crippen molar-refractivity contribution in [3.8, 4) is 0 Å². The molecule has 7 nitrogen and oxygen atoms in total. The minimum atomic E-state index is -0.346. The summed E-state index contributed by atoms with van der Waals surface area (Å²) >= 11 is 0. The maximum absolute atomic E-state index is 13.3. The molecule has 1 aliphatic heterocycles. The van der Waals surface area contributed by atoms with Crippen LogP contribution in [0.1, 0.15) is 46.1 Å². The van der Waals surface area contributed by atoms with Crippen molar-refractivity contribution in [3.05, 3.63) is 76.4 Å². The van der Waals surface area contributed by atoms with Gasteiger partial charge in [0, 0.05) is 44.4 Å². The van der Waals surface area contributed by atoms with Crippen LogP contribution in [0.4, 0.5) is 16.0 Å². The number of carbonyl (C=O) groups excluding carboxylic acids is 1. The fourth-order valence-corrected chi connectivity index (χ4v) is 4.78. The molecule has 1 aliphatic carbocycles. The second-order valence-corrected chi connectivity index (χ2v) is 8.68. The van der Waals surface area contributed by atoms with Gasteiger partial charge in [0.2, 0.25) is 0 Å². The van der Waals surface area contributed by atoms with Crippen LogP contribution in [0, 0.1) is 5.82 Å². The van der Waals surface area contributed by atoms with Crippen molar-refractivity contribution in [2.75, 3.05) is 42.6 Å². The number of piperazine rings is 1. The van der Waals surface area contributed by atoms with Crippen LogP contribution in [-0.4, -0.2) is 53.9 Å². The number of anilines is 2. The van der Waals surface area contributed by atoms with Gasteiger partial charge in [0.05, 0.1) is 17.9 Å². The molecule has 176 valence electrons. The standard InChI is InChI=1S/C26H28FN5O2/c1-2-34-26(33)19-8-11-24(28-17-19)31-12-14-32(15-13-31)25-22-5-3-4-21(22)23(29-30-25)16-18-6-9-20(27)10-7-18/h6-11,17H,2-5,12-16H2,1H3. The number of halogens is 1. The predicted molar refractivity (Wildman–Crippen MR) is 128 cm³/mol. The maximum atomic E-state index is 13.3. The Morgan fingerprint density at radius 3 is 2.41 bits per heavy atom. The van der Waals surface area contributed by atoms with E-state index in [1.165, 1.54) is 23.3 Å². The number of aromatic nitrogens is 3. The van der Waals surface area contributed by atoms with Gasteiger partial charge in [-0.15, -0.1) is 5.10 Å². The van der Waals surface area contributed by atoms with E-state index in [9.17, 15) is 9.18 Å². The summed E-state index contributed by atoms with van der Waals surface area (Å²) < 4.78 is 18.3. The van der Waals surface area contributed by atoms with Crippen LogP contribution in [0.25, 0.3) is 0 Å². The Morgan fingerprint density at radius 1 is 0.971 bits per heavy atom. The normalized spacial score (nSPS) is 15.4. The van der Waals surface area contributed by atoms with Crippen molar-refractivity contribution in [2.45, 2.75) is 32.6 Å². The summed E-state index contributed by atoms with van der Waals surface area (Å²) in [6.07, 6.45) is 5.41. The number of rotatable bonds is 6. The molecular weight excluding hydrogens is 433 g/mol. The molecule has 0 saturated carbocycles. The molecule has 0 N–H and O–H groups in total. The zero-order valence-electron chi connectivity index (χ0n) is 19.3. The van der Waals surface area contributed by atoms with Crippen LogP contribution in [0.15, 0.2) is 42.6 Å². The lowest BCUT2D eigenvalue weighted by atomic mass is 10.0. The molecule has 5 rings (SSSR count). The third-order valence-corrected chi connectivity index (χ3v) is 6.55. The van der Waals surface area contributed by atoms with Crippen LogP contribution in [0.5, 0.6) is 0 Å². The predicted octanol–water partition coefficient (Wildman–Crippen LogP) is 3.59. The van der Waals surface area contributed by atoms with Crippen LogP contribution in [-0.2, 0) is 24.0 Å². The lowest BCUT2D eigenvalue weighted by molar-refractivity contribution is 0.0526. The van der Waals surface area contributed by atoms with Gasteiger partial charge in [-0.3, -0.25) is 0 Å². The first-order chi connectivity index (χ1) is 16.6. The molecular formula is C26H28FN5O2. The number of benzene rings is 1. The molecule has 2 aliphatic rings. The highest BCUT2D eigenvalue weighted by atomic mass is 19.1. The maximum Gasteiger partial charge on any atom is 0.339 e. The number of nitrogens with zero attached hydrogens (tertiary/aromatic N) is 5. The van der Waals surface area contributed by atoms with Gasteiger partial charge in [-0.05, 0) is 61.6 Å².